The van der Waals surface area contributed by atoms with Gasteiger partial charge < -0.3 is 10.2 Å². The summed E-state index contributed by atoms with van der Waals surface area (Å²) in [7, 11) is 1.71. The first-order valence-corrected chi connectivity index (χ1v) is 8.30. The van der Waals surface area contributed by atoms with Crippen molar-refractivity contribution in [3.8, 4) is 0 Å². The molecule has 0 saturated carbocycles. The Kier molecular flexibility index (Phi) is 3.76. The van der Waals surface area contributed by atoms with Gasteiger partial charge in [0.2, 0.25) is 0 Å². The van der Waals surface area contributed by atoms with Gasteiger partial charge in [-0.3, -0.25) is 9.69 Å². The molecule has 3 amide bonds. The molecule has 5 heteroatoms. The van der Waals surface area contributed by atoms with Crippen LogP contribution in [0.3, 0.4) is 0 Å². The van der Waals surface area contributed by atoms with Crippen LogP contribution in [0.4, 0.5) is 4.79 Å². The molecule has 0 aliphatic carbocycles. The van der Waals surface area contributed by atoms with Crippen LogP contribution in [-0.2, 0) is 11.3 Å². The van der Waals surface area contributed by atoms with Gasteiger partial charge in [0.1, 0.15) is 0 Å². The Hall–Kier alpha value is -3.08. The van der Waals surface area contributed by atoms with Crippen LogP contribution in [0.2, 0.25) is 0 Å². The number of likely N-dealkylation sites (N-methyl/N-ethyl adjacent to an activating group) is 1. The molecule has 0 unspecified atom stereocenters. The molecule has 2 heterocycles. The van der Waals surface area contributed by atoms with E-state index in [9.17, 15) is 9.59 Å². The van der Waals surface area contributed by atoms with E-state index in [-0.39, 0.29) is 11.9 Å². The monoisotopic (exact) mass is 333 g/mol. The molecule has 0 radical (unpaired) electrons. The lowest BCUT2D eigenvalue weighted by molar-refractivity contribution is -0.126. The normalized spacial score (nSPS) is 20.0. The molecule has 4 rings (SSSR count). The first kappa shape index (κ1) is 15.4. The topological polar surface area (TPSA) is 52.7 Å². The lowest BCUT2D eigenvalue weighted by Crippen LogP contribution is -2.45. The van der Waals surface area contributed by atoms with Crippen molar-refractivity contribution in [2.75, 3.05) is 13.6 Å². The highest BCUT2D eigenvalue weighted by molar-refractivity contribution is 6.01. The molecule has 2 aromatic rings. The molecule has 1 atom stereocenters. The number of benzene rings is 2. The number of nitrogens with zero attached hydrogens (tertiary/aromatic N) is 2. The molecule has 0 spiro atoms. The predicted octanol–water partition coefficient (Wildman–Crippen LogP) is 2.68. The fraction of sp³-hybridized carbons (Fsp3) is 0.200. The van der Waals surface area contributed by atoms with Gasteiger partial charge in [0.15, 0.2) is 0 Å². The Morgan fingerprint density at radius 1 is 1.00 bits per heavy atom. The van der Waals surface area contributed by atoms with Crippen LogP contribution in [0.15, 0.2) is 71.9 Å². The Labute approximate surface area is 146 Å². The molecule has 2 aliphatic rings. The Bertz CT molecular complexity index is 846. The summed E-state index contributed by atoms with van der Waals surface area (Å²) in [5, 5.41) is 2.95. The van der Waals surface area contributed by atoms with E-state index in [1.807, 2.05) is 60.7 Å². The highest BCUT2D eigenvalue weighted by Crippen LogP contribution is 2.35. The van der Waals surface area contributed by atoms with Gasteiger partial charge in [-0.25, -0.2) is 4.79 Å². The van der Waals surface area contributed by atoms with Gasteiger partial charge in [0.05, 0.1) is 23.9 Å². The summed E-state index contributed by atoms with van der Waals surface area (Å²) in [6.45, 7) is 0.993. The summed E-state index contributed by atoms with van der Waals surface area (Å²) >= 11 is 0. The number of rotatable bonds is 3. The molecule has 126 valence electrons. The second kappa shape index (κ2) is 6.09. The van der Waals surface area contributed by atoms with Gasteiger partial charge in [-0.1, -0.05) is 60.7 Å². The van der Waals surface area contributed by atoms with Crippen molar-refractivity contribution in [3.05, 3.63) is 83.1 Å². The SMILES string of the molecule is CN1C(=O)N[C@@H](c2ccccc2)C2=C1CN(Cc1ccccc1)C2=O. The summed E-state index contributed by atoms with van der Waals surface area (Å²) in [4.78, 5) is 28.8. The average molecular weight is 333 g/mol. The third kappa shape index (κ3) is 2.67. The molecular weight excluding hydrogens is 314 g/mol. The number of urea groups is 1. The van der Waals surface area contributed by atoms with Crippen molar-refractivity contribution in [3.63, 3.8) is 0 Å². The molecule has 5 nitrogen and oxygen atoms in total. The number of amides is 3. The highest BCUT2D eigenvalue weighted by Gasteiger charge is 2.42. The molecule has 1 N–H and O–H groups in total. The van der Waals surface area contributed by atoms with Crippen LogP contribution in [0.5, 0.6) is 0 Å². The van der Waals surface area contributed by atoms with E-state index >= 15 is 0 Å². The molecule has 2 aromatic carbocycles. The average Bonchev–Trinajstić information content (AvgIpc) is 2.97. The number of carbonyl (C=O) groups excluding carboxylic acids is 2. The van der Waals surface area contributed by atoms with Crippen molar-refractivity contribution in [2.24, 2.45) is 0 Å². The maximum Gasteiger partial charge on any atom is 0.322 e. The zero-order chi connectivity index (χ0) is 17.4. The molecule has 0 fully saturated rings. The van der Waals surface area contributed by atoms with E-state index in [0.29, 0.717) is 18.7 Å². The standard InChI is InChI=1S/C20H19N3O2/c1-22-16-13-23(12-14-8-4-2-5-9-14)19(24)17(16)18(21-20(22)25)15-10-6-3-7-11-15/h2-11,18H,12-13H2,1H3,(H,21,25)/t18-/m0/s1. The fourth-order valence-electron chi connectivity index (χ4n) is 3.45. The van der Waals surface area contributed by atoms with E-state index < -0.39 is 6.04 Å². The zero-order valence-corrected chi connectivity index (χ0v) is 14.0. The molecule has 2 aliphatic heterocycles. The molecule has 25 heavy (non-hydrogen) atoms. The number of nitrogens with one attached hydrogen (secondary N) is 1. The van der Waals surface area contributed by atoms with Gasteiger partial charge in [-0.2, -0.15) is 0 Å². The molecule has 0 saturated heterocycles. The minimum absolute atomic E-state index is 0.0143. The van der Waals surface area contributed by atoms with Crippen LogP contribution in [0.1, 0.15) is 17.2 Å². The predicted molar refractivity (Wildman–Crippen MR) is 94.4 cm³/mol. The van der Waals surface area contributed by atoms with Crippen LogP contribution in [0, 0.1) is 0 Å². The van der Waals surface area contributed by atoms with E-state index in [1.54, 1.807) is 16.8 Å². The fourth-order valence-corrected chi connectivity index (χ4v) is 3.45. The first-order chi connectivity index (χ1) is 12.1. The summed E-state index contributed by atoms with van der Waals surface area (Å²) in [5.41, 5.74) is 3.46. The third-order valence-corrected chi connectivity index (χ3v) is 4.78. The van der Waals surface area contributed by atoms with E-state index in [4.69, 9.17) is 0 Å². The quantitative estimate of drug-likeness (QED) is 0.939. The van der Waals surface area contributed by atoms with Gasteiger partial charge in [-0.05, 0) is 11.1 Å². The maximum absolute atomic E-state index is 13.1. The lowest BCUT2D eigenvalue weighted by atomic mass is 9.96. The number of hydrogen-bond donors (Lipinski definition) is 1. The second-order valence-corrected chi connectivity index (χ2v) is 6.36. The minimum Gasteiger partial charge on any atom is -0.329 e. The summed E-state index contributed by atoms with van der Waals surface area (Å²) < 4.78 is 0. The maximum atomic E-state index is 13.1. The van der Waals surface area contributed by atoms with E-state index in [1.165, 1.54) is 0 Å². The van der Waals surface area contributed by atoms with Gasteiger partial charge in [-0.15, -0.1) is 0 Å². The first-order valence-electron chi connectivity index (χ1n) is 8.30. The van der Waals surface area contributed by atoms with Crippen molar-refractivity contribution in [2.45, 2.75) is 12.6 Å². The Morgan fingerprint density at radius 3 is 2.32 bits per heavy atom. The minimum atomic E-state index is -0.395. The van der Waals surface area contributed by atoms with E-state index in [2.05, 4.69) is 5.32 Å². The lowest BCUT2D eigenvalue weighted by Gasteiger charge is -2.31. The number of carbonyl (C=O) groups is 2. The van der Waals surface area contributed by atoms with Gasteiger partial charge >= 0.3 is 6.03 Å². The van der Waals surface area contributed by atoms with Crippen molar-refractivity contribution >= 4 is 11.9 Å². The van der Waals surface area contributed by atoms with Gasteiger partial charge in [0, 0.05) is 13.6 Å². The number of hydrogen-bond acceptors (Lipinski definition) is 2. The van der Waals surface area contributed by atoms with Crippen molar-refractivity contribution in [1.29, 1.82) is 0 Å². The van der Waals surface area contributed by atoms with Gasteiger partial charge in [0.25, 0.3) is 5.91 Å². The third-order valence-electron chi connectivity index (χ3n) is 4.78. The summed E-state index contributed by atoms with van der Waals surface area (Å²) in [6, 6.07) is 19.0. The molecule has 0 aromatic heterocycles. The van der Waals surface area contributed by atoms with E-state index in [0.717, 1.165) is 16.8 Å². The smallest absolute Gasteiger partial charge is 0.322 e. The van der Waals surface area contributed by atoms with Crippen LogP contribution < -0.4 is 5.32 Å². The Balaban J connectivity index is 1.68. The molecular formula is C20H19N3O2. The van der Waals surface area contributed by atoms with Crippen molar-refractivity contribution < 1.29 is 9.59 Å². The highest BCUT2D eigenvalue weighted by atomic mass is 16.2. The van der Waals surface area contributed by atoms with Crippen molar-refractivity contribution in [1.82, 2.24) is 15.1 Å². The van der Waals surface area contributed by atoms with Crippen LogP contribution in [0.25, 0.3) is 0 Å². The molecule has 0 bridgehead atoms. The largest absolute Gasteiger partial charge is 0.329 e. The Morgan fingerprint density at radius 2 is 1.64 bits per heavy atom. The van der Waals surface area contributed by atoms with Crippen LogP contribution in [-0.4, -0.2) is 35.3 Å². The zero-order valence-electron chi connectivity index (χ0n) is 14.0. The second-order valence-electron chi connectivity index (χ2n) is 6.36. The summed E-state index contributed by atoms with van der Waals surface area (Å²) in [6.07, 6.45) is 0. The van der Waals surface area contributed by atoms with Crippen LogP contribution >= 0.6 is 0 Å². The summed E-state index contributed by atoms with van der Waals surface area (Å²) in [5.74, 6) is -0.0143.